The Morgan fingerprint density at radius 1 is 1.11 bits per heavy atom. The van der Waals surface area contributed by atoms with Gasteiger partial charge in [-0.3, -0.25) is 4.79 Å². The van der Waals surface area contributed by atoms with E-state index in [0.717, 1.165) is 28.4 Å². The van der Waals surface area contributed by atoms with Crippen molar-refractivity contribution >= 4 is 45.6 Å². The number of amides is 1. The lowest BCUT2D eigenvalue weighted by molar-refractivity contribution is -0.121. The Balaban J connectivity index is 0.00000210. The number of nitrogens with zero attached hydrogens (tertiary/aromatic N) is 2. The number of halogens is 2. The average Bonchev–Trinajstić information content (AvgIpc) is 3.26. The molecule has 3 rings (SSSR count). The number of carbonyl (C=O) groups is 1. The van der Waals surface area contributed by atoms with Crippen LogP contribution in [0.5, 0.6) is 0 Å². The molecule has 2 N–H and O–H groups in total. The van der Waals surface area contributed by atoms with Gasteiger partial charge in [0.1, 0.15) is 0 Å². The highest BCUT2D eigenvalue weighted by molar-refractivity contribution is 7.16. The van der Waals surface area contributed by atoms with Crippen LogP contribution < -0.4 is 10.2 Å². The maximum absolute atomic E-state index is 12.2. The first kappa shape index (κ1) is 29.1. The van der Waals surface area contributed by atoms with Crippen molar-refractivity contribution in [2.75, 3.05) is 24.6 Å². The topological polar surface area (TPSA) is 65.5 Å². The Morgan fingerprint density at radius 3 is 2.46 bits per heavy atom. The van der Waals surface area contributed by atoms with E-state index in [1.54, 1.807) is 17.4 Å². The second kappa shape index (κ2) is 15.1. The minimum Gasteiger partial charge on any atom is -0.395 e. The number of aliphatic hydroxyl groups is 1. The molecule has 190 valence electrons. The predicted molar refractivity (Wildman–Crippen MR) is 150 cm³/mol. The molecular weight excluding hydrogens is 501 g/mol. The molecule has 0 fully saturated rings. The Hall–Kier alpha value is -2.12. The van der Waals surface area contributed by atoms with Gasteiger partial charge in [-0.2, -0.15) is 0 Å². The number of benzene rings is 2. The maximum atomic E-state index is 12.2. The van der Waals surface area contributed by atoms with Gasteiger partial charge in [-0.15, -0.1) is 11.3 Å². The minimum absolute atomic E-state index is 0.0719. The van der Waals surface area contributed by atoms with Gasteiger partial charge < -0.3 is 15.3 Å². The first-order chi connectivity index (χ1) is 16.9. The van der Waals surface area contributed by atoms with Crippen LogP contribution in [0, 0.1) is 5.92 Å². The number of hydrogen-bond acceptors (Lipinski definition) is 5. The zero-order valence-corrected chi connectivity index (χ0v) is 23.2. The fourth-order valence-electron chi connectivity index (χ4n) is 3.42. The summed E-state index contributed by atoms with van der Waals surface area (Å²) < 4.78 is 0. The van der Waals surface area contributed by atoms with Crippen molar-refractivity contribution in [3.8, 4) is 11.3 Å². The van der Waals surface area contributed by atoms with Gasteiger partial charge in [-0.25, -0.2) is 4.98 Å². The third-order valence-electron chi connectivity index (χ3n) is 5.00. The summed E-state index contributed by atoms with van der Waals surface area (Å²) in [5, 5.41) is 13.6. The summed E-state index contributed by atoms with van der Waals surface area (Å²) in [6.45, 7) is 9.72. The van der Waals surface area contributed by atoms with Crippen molar-refractivity contribution in [2.45, 2.75) is 47.1 Å². The van der Waals surface area contributed by atoms with Crippen molar-refractivity contribution in [1.29, 1.82) is 0 Å². The lowest BCUT2D eigenvalue weighted by Crippen LogP contribution is -2.32. The quantitative estimate of drug-likeness (QED) is 0.281. The van der Waals surface area contributed by atoms with Crippen LogP contribution in [-0.2, 0) is 17.8 Å². The van der Waals surface area contributed by atoms with Crippen LogP contribution in [0.25, 0.3) is 11.3 Å². The molecule has 3 aromatic rings. The standard InChI is InChI=1S/C25H29Cl2N3O2S.C2H6/c1-17(2)14-22-24(19-8-9-20(26)21(27)15-19)29-25(33-22)30(12-10-23(32)28-11-13-31)16-18-6-4-3-5-7-18;1-2/h3-9,15,17,31H,10-14,16H2,1-2H3,(H,28,32);1-2H3. The SMILES string of the molecule is CC.CC(C)Cc1sc(N(CCC(=O)NCCO)Cc2ccccc2)nc1-c1ccc(Cl)c(Cl)c1. The molecule has 0 aliphatic heterocycles. The van der Waals surface area contributed by atoms with Crippen LogP contribution in [-0.4, -0.2) is 35.7 Å². The van der Waals surface area contributed by atoms with E-state index in [1.165, 1.54) is 4.88 Å². The molecule has 5 nitrogen and oxygen atoms in total. The van der Waals surface area contributed by atoms with Crippen molar-refractivity contribution in [3.63, 3.8) is 0 Å². The summed E-state index contributed by atoms with van der Waals surface area (Å²) in [6, 6.07) is 15.7. The van der Waals surface area contributed by atoms with E-state index in [-0.39, 0.29) is 19.1 Å². The van der Waals surface area contributed by atoms with Crippen molar-refractivity contribution in [1.82, 2.24) is 10.3 Å². The third-order valence-corrected chi connectivity index (χ3v) is 6.88. The Labute approximate surface area is 223 Å². The molecule has 35 heavy (non-hydrogen) atoms. The lowest BCUT2D eigenvalue weighted by atomic mass is 10.0. The average molecular weight is 537 g/mol. The molecule has 0 spiro atoms. The van der Waals surface area contributed by atoms with E-state index in [0.29, 0.717) is 35.5 Å². The molecule has 0 bridgehead atoms. The molecule has 0 saturated carbocycles. The fourth-order valence-corrected chi connectivity index (χ4v) is 5.04. The van der Waals surface area contributed by atoms with Gasteiger partial charge in [0.25, 0.3) is 0 Å². The number of aliphatic hydroxyl groups excluding tert-OH is 1. The monoisotopic (exact) mass is 535 g/mol. The largest absolute Gasteiger partial charge is 0.395 e. The molecule has 2 aromatic carbocycles. The third kappa shape index (κ3) is 9.12. The van der Waals surface area contributed by atoms with E-state index in [4.69, 9.17) is 33.3 Å². The summed E-state index contributed by atoms with van der Waals surface area (Å²) in [5.41, 5.74) is 2.98. The number of anilines is 1. The molecule has 0 aliphatic carbocycles. The number of aromatic nitrogens is 1. The Morgan fingerprint density at radius 2 is 1.83 bits per heavy atom. The van der Waals surface area contributed by atoms with Crippen LogP contribution in [0.4, 0.5) is 5.13 Å². The second-order valence-corrected chi connectivity index (χ2v) is 10.1. The van der Waals surface area contributed by atoms with Crippen molar-refractivity contribution in [2.24, 2.45) is 5.92 Å². The van der Waals surface area contributed by atoms with Gasteiger partial charge >= 0.3 is 0 Å². The van der Waals surface area contributed by atoms with E-state index < -0.39 is 0 Å². The molecular formula is C27H35Cl2N3O2S. The van der Waals surface area contributed by atoms with Gasteiger partial charge in [0.05, 0.1) is 22.3 Å². The summed E-state index contributed by atoms with van der Waals surface area (Å²) in [7, 11) is 0. The number of hydrogen-bond donors (Lipinski definition) is 2. The van der Waals surface area contributed by atoms with E-state index >= 15 is 0 Å². The minimum atomic E-state index is -0.0919. The number of carbonyl (C=O) groups excluding carboxylic acids is 1. The smallest absolute Gasteiger partial charge is 0.221 e. The fraction of sp³-hybridized carbons (Fsp3) is 0.407. The normalized spacial score (nSPS) is 10.6. The van der Waals surface area contributed by atoms with E-state index in [9.17, 15) is 4.79 Å². The first-order valence-electron chi connectivity index (χ1n) is 12.0. The molecule has 0 unspecified atom stereocenters. The Bertz CT molecular complexity index is 1060. The van der Waals surface area contributed by atoms with Crippen LogP contribution in [0.3, 0.4) is 0 Å². The van der Waals surface area contributed by atoms with E-state index in [1.807, 2.05) is 44.2 Å². The maximum Gasteiger partial charge on any atom is 0.221 e. The Kier molecular flexibility index (Phi) is 12.6. The summed E-state index contributed by atoms with van der Waals surface area (Å²) in [5.74, 6) is 0.373. The van der Waals surface area contributed by atoms with E-state index in [2.05, 4.69) is 36.2 Å². The van der Waals surface area contributed by atoms with Gasteiger partial charge in [0, 0.05) is 36.5 Å². The molecule has 1 heterocycles. The van der Waals surface area contributed by atoms with Crippen molar-refractivity contribution in [3.05, 3.63) is 69.0 Å². The highest BCUT2D eigenvalue weighted by Gasteiger charge is 2.20. The van der Waals surface area contributed by atoms with Crippen LogP contribution in [0.2, 0.25) is 10.0 Å². The molecule has 0 aliphatic rings. The highest BCUT2D eigenvalue weighted by Crippen LogP contribution is 2.37. The predicted octanol–water partition coefficient (Wildman–Crippen LogP) is 6.85. The second-order valence-electron chi connectivity index (χ2n) is 8.23. The summed E-state index contributed by atoms with van der Waals surface area (Å²) in [6.07, 6.45) is 1.21. The molecule has 1 amide bonds. The highest BCUT2D eigenvalue weighted by atomic mass is 35.5. The van der Waals surface area contributed by atoms with Crippen LogP contribution in [0.15, 0.2) is 48.5 Å². The molecule has 1 aromatic heterocycles. The zero-order valence-electron chi connectivity index (χ0n) is 20.9. The molecule has 8 heteroatoms. The van der Waals surface area contributed by atoms with Crippen molar-refractivity contribution < 1.29 is 9.90 Å². The number of nitrogens with one attached hydrogen (secondary N) is 1. The van der Waals surface area contributed by atoms with Crippen LogP contribution in [0.1, 0.15) is 44.6 Å². The van der Waals surface area contributed by atoms with Crippen LogP contribution >= 0.6 is 34.5 Å². The van der Waals surface area contributed by atoms with Gasteiger partial charge in [-0.05, 0) is 30.0 Å². The van der Waals surface area contributed by atoms with Gasteiger partial charge in [0.15, 0.2) is 5.13 Å². The zero-order chi connectivity index (χ0) is 25.8. The molecule has 0 atom stereocenters. The molecule has 0 saturated heterocycles. The van der Waals surface area contributed by atoms with Gasteiger partial charge in [-0.1, -0.05) is 87.3 Å². The first-order valence-corrected chi connectivity index (χ1v) is 13.6. The van der Waals surface area contributed by atoms with Gasteiger partial charge in [0.2, 0.25) is 5.91 Å². The lowest BCUT2D eigenvalue weighted by Gasteiger charge is -2.22. The number of rotatable bonds is 11. The molecule has 0 radical (unpaired) electrons. The number of thiazole rings is 1. The summed E-state index contributed by atoms with van der Waals surface area (Å²) >= 11 is 14.1. The summed E-state index contributed by atoms with van der Waals surface area (Å²) in [4.78, 5) is 20.5.